The third-order valence-corrected chi connectivity index (χ3v) is 6.26. The summed E-state index contributed by atoms with van der Waals surface area (Å²) in [6.45, 7) is 0.972. The molecule has 3 atom stereocenters. The minimum atomic E-state index is -1.07. The first-order valence-electron chi connectivity index (χ1n) is 10.8. The van der Waals surface area contributed by atoms with E-state index in [0.717, 1.165) is 16.7 Å². The fourth-order valence-corrected chi connectivity index (χ4v) is 4.71. The molecule has 0 spiro atoms. The number of carbonyl (C=O) groups is 2. The van der Waals surface area contributed by atoms with E-state index in [1.54, 1.807) is 9.80 Å². The smallest absolute Gasteiger partial charge is 0.321 e. The number of rotatable bonds is 6. The molecule has 2 fully saturated rings. The SMILES string of the molecule is O=C1[C@@H]2[C@H](C(O)N1Cc1ccccc1)N(Cc1ccccc1)C(=O)N2Cc1ccccc1. The van der Waals surface area contributed by atoms with Gasteiger partial charge in [-0.1, -0.05) is 91.0 Å². The summed E-state index contributed by atoms with van der Waals surface area (Å²) in [6.07, 6.45) is -1.07. The molecule has 0 aliphatic carbocycles. The maximum atomic E-state index is 13.5. The Morgan fingerprint density at radius 3 is 1.47 bits per heavy atom. The van der Waals surface area contributed by atoms with Gasteiger partial charge >= 0.3 is 6.03 Å². The van der Waals surface area contributed by atoms with Gasteiger partial charge in [0.1, 0.15) is 12.1 Å². The average molecular weight is 428 g/mol. The van der Waals surface area contributed by atoms with Crippen LogP contribution in [-0.2, 0) is 24.4 Å². The molecule has 3 amide bonds. The highest BCUT2D eigenvalue weighted by Crippen LogP contribution is 2.37. The molecular formula is C26H25N3O3. The summed E-state index contributed by atoms with van der Waals surface area (Å²) < 4.78 is 0. The average Bonchev–Trinajstić information content (AvgIpc) is 3.23. The Kier molecular flexibility index (Phi) is 5.37. The number of hydrogen-bond donors (Lipinski definition) is 1. The molecule has 3 aromatic carbocycles. The predicted octanol–water partition coefficient (Wildman–Crippen LogP) is 3.22. The summed E-state index contributed by atoms with van der Waals surface area (Å²) in [5.41, 5.74) is 2.85. The molecule has 1 N–H and O–H groups in total. The van der Waals surface area contributed by atoms with Crippen molar-refractivity contribution in [1.82, 2.24) is 14.7 Å². The second-order valence-electron chi connectivity index (χ2n) is 8.31. The van der Waals surface area contributed by atoms with Gasteiger partial charge in [0.05, 0.1) is 0 Å². The fraction of sp³-hybridized carbons (Fsp3) is 0.231. The molecule has 2 saturated heterocycles. The van der Waals surface area contributed by atoms with Gasteiger partial charge < -0.3 is 19.8 Å². The molecular weight excluding hydrogens is 402 g/mol. The van der Waals surface area contributed by atoms with Crippen LogP contribution in [0, 0.1) is 0 Å². The van der Waals surface area contributed by atoms with Gasteiger partial charge in [-0.05, 0) is 16.7 Å². The van der Waals surface area contributed by atoms with Gasteiger partial charge in [0.15, 0.2) is 6.23 Å². The van der Waals surface area contributed by atoms with Crippen LogP contribution >= 0.6 is 0 Å². The number of amides is 3. The van der Waals surface area contributed by atoms with Crippen molar-refractivity contribution >= 4 is 11.9 Å². The standard InChI is InChI=1S/C26H25N3O3/c30-24-22-23(25(31)29(24)18-21-14-8-3-9-15-21)28(17-20-12-6-2-7-13-20)26(32)27(22)16-19-10-4-1-5-11-19/h1-15,22-24,30H,16-18H2/t22-,23+,24?/m1/s1. The number of likely N-dealkylation sites (tertiary alicyclic amines) is 1. The Balaban J connectivity index is 1.47. The van der Waals surface area contributed by atoms with Crippen molar-refractivity contribution < 1.29 is 14.7 Å². The number of carbonyl (C=O) groups excluding carboxylic acids is 2. The van der Waals surface area contributed by atoms with E-state index in [-0.39, 0.29) is 11.9 Å². The third-order valence-electron chi connectivity index (χ3n) is 6.26. The van der Waals surface area contributed by atoms with Crippen molar-refractivity contribution in [2.24, 2.45) is 0 Å². The van der Waals surface area contributed by atoms with Crippen molar-refractivity contribution in [2.75, 3.05) is 0 Å². The van der Waals surface area contributed by atoms with Crippen LogP contribution in [0.15, 0.2) is 91.0 Å². The molecule has 162 valence electrons. The molecule has 0 radical (unpaired) electrons. The molecule has 0 aromatic heterocycles. The number of urea groups is 1. The number of aliphatic hydroxyl groups is 1. The molecule has 2 heterocycles. The van der Waals surface area contributed by atoms with Crippen LogP contribution in [0.25, 0.3) is 0 Å². The predicted molar refractivity (Wildman–Crippen MR) is 120 cm³/mol. The van der Waals surface area contributed by atoms with E-state index >= 15 is 0 Å². The van der Waals surface area contributed by atoms with E-state index < -0.39 is 18.3 Å². The van der Waals surface area contributed by atoms with E-state index in [1.165, 1.54) is 4.90 Å². The first-order chi connectivity index (χ1) is 15.6. The zero-order chi connectivity index (χ0) is 22.1. The van der Waals surface area contributed by atoms with Crippen molar-refractivity contribution in [3.05, 3.63) is 108 Å². The van der Waals surface area contributed by atoms with Crippen LogP contribution in [0.3, 0.4) is 0 Å². The summed E-state index contributed by atoms with van der Waals surface area (Å²) in [5, 5.41) is 11.2. The van der Waals surface area contributed by atoms with Gasteiger partial charge in [-0.2, -0.15) is 0 Å². The molecule has 6 heteroatoms. The topological polar surface area (TPSA) is 64.1 Å². The maximum Gasteiger partial charge on any atom is 0.321 e. The highest BCUT2D eigenvalue weighted by Gasteiger charge is 2.60. The van der Waals surface area contributed by atoms with Crippen molar-refractivity contribution in [2.45, 2.75) is 37.9 Å². The van der Waals surface area contributed by atoms with Crippen molar-refractivity contribution in [1.29, 1.82) is 0 Å². The zero-order valence-corrected chi connectivity index (χ0v) is 17.6. The van der Waals surface area contributed by atoms with Crippen molar-refractivity contribution in [3.8, 4) is 0 Å². The molecule has 2 aliphatic rings. The molecule has 0 bridgehead atoms. The van der Waals surface area contributed by atoms with Gasteiger partial charge in [-0.3, -0.25) is 4.79 Å². The normalized spacial score (nSPS) is 22.5. The molecule has 5 rings (SSSR count). The van der Waals surface area contributed by atoms with Gasteiger partial charge in [-0.15, -0.1) is 0 Å². The fourth-order valence-electron chi connectivity index (χ4n) is 4.71. The summed E-state index contributed by atoms with van der Waals surface area (Å²) in [6, 6.07) is 27.4. The number of fused-ring (bicyclic) bond motifs is 1. The molecule has 32 heavy (non-hydrogen) atoms. The van der Waals surface area contributed by atoms with Crippen LogP contribution in [0.5, 0.6) is 0 Å². The van der Waals surface area contributed by atoms with E-state index in [0.29, 0.717) is 19.6 Å². The van der Waals surface area contributed by atoms with Crippen LogP contribution in [-0.4, -0.2) is 50.1 Å². The lowest BCUT2D eigenvalue weighted by Crippen LogP contribution is -2.46. The molecule has 6 nitrogen and oxygen atoms in total. The number of hydrogen-bond acceptors (Lipinski definition) is 3. The molecule has 2 aliphatic heterocycles. The lowest BCUT2D eigenvalue weighted by atomic mass is 10.1. The zero-order valence-electron chi connectivity index (χ0n) is 17.6. The lowest BCUT2D eigenvalue weighted by molar-refractivity contribution is -0.137. The Hall–Kier alpha value is -3.64. The van der Waals surface area contributed by atoms with Gasteiger partial charge in [0.25, 0.3) is 0 Å². The van der Waals surface area contributed by atoms with E-state index in [1.807, 2.05) is 91.0 Å². The van der Waals surface area contributed by atoms with Gasteiger partial charge in [0.2, 0.25) is 5.91 Å². The summed E-state index contributed by atoms with van der Waals surface area (Å²) >= 11 is 0. The number of benzene rings is 3. The highest BCUT2D eigenvalue weighted by molar-refractivity contribution is 5.94. The van der Waals surface area contributed by atoms with Crippen LogP contribution in [0.2, 0.25) is 0 Å². The van der Waals surface area contributed by atoms with Crippen LogP contribution in [0.1, 0.15) is 16.7 Å². The first-order valence-corrected chi connectivity index (χ1v) is 10.8. The van der Waals surface area contributed by atoms with Crippen molar-refractivity contribution in [3.63, 3.8) is 0 Å². The quantitative estimate of drug-likeness (QED) is 0.657. The summed E-state index contributed by atoms with van der Waals surface area (Å²) in [4.78, 5) is 31.7. The second-order valence-corrected chi connectivity index (χ2v) is 8.31. The lowest BCUT2D eigenvalue weighted by Gasteiger charge is -2.29. The summed E-state index contributed by atoms with van der Waals surface area (Å²) in [7, 11) is 0. The molecule has 0 saturated carbocycles. The minimum absolute atomic E-state index is 0.216. The van der Waals surface area contributed by atoms with Gasteiger partial charge in [0, 0.05) is 19.6 Å². The largest absolute Gasteiger partial charge is 0.371 e. The first kappa shape index (κ1) is 20.3. The minimum Gasteiger partial charge on any atom is -0.371 e. The van der Waals surface area contributed by atoms with E-state index in [2.05, 4.69) is 0 Å². The number of aliphatic hydroxyl groups excluding tert-OH is 1. The molecule has 3 aromatic rings. The van der Waals surface area contributed by atoms with Crippen LogP contribution in [0.4, 0.5) is 4.79 Å². The maximum absolute atomic E-state index is 13.5. The second kappa shape index (κ2) is 8.48. The Morgan fingerprint density at radius 1 is 0.594 bits per heavy atom. The monoisotopic (exact) mass is 427 g/mol. The highest BCUT2D eigenvalue weighted by atomic mass is 16.3. The Labute approximate surface area is 187 Å². The van der Waals surface area contributed by atoms with Crippen LogP contribution < -0.4 is 0 Å². The Morgan fingerprint density at radius 2 is 1.00 bits per heavy atom. The van der Waals surface area contributed by atoms with E-state index in [9.17, 15) is 14.7 Å². The van der Waals surface area contributed by atoms with Gasteiger partial charge in [-0.25, -0.2) is 4.79 Å². The number of nitrogens with zero attached hydrogens (tertiary/aromatic N) is 3. The molecule has 1 unspecified atom stereocenters. The Bertz CT molecular complexity index is 1090. The van der Waals surface area contributed by atoms with E-state index in [4.69, 9.17) is 0 Å². The summed E-state index contributed by atoms with van der Waals surface area (Å²) in [5.74, 6) is -0.216. The third kappa shape index (κ3) is 3.63.